The summed E-state index contributed by atoms with van der Waals surface area (Å²) in [6.45, 7) is 5.19. The number of carbonyl (C=O) groups is 2. The zero-order chi connectivity index (χ0) is 16.9. The number of non-ortho nitro benzene ring substituents is 1. The van der Waals surface area contributed by atoms with Crippen molar-refractivity contribution in [3.05, 3.63) is 39.9 Å². The first-order valence-corrected chi connectivity index (χ1v) is 6.81. The highest BCUT2D eigenvalue weighted by molar-refractivity contribution is 5.83. The summed E-state index contributed by atoms with van der Waals surface area (Å²) in [4.78, 5) is 33.5. The molecule has 22 heavy (non-hydrogen) atoms. The van der Waals surface area contributed by atoms with Crippen molar-refractivity contribution in [2.24, 2.45) is 5.92 Å². The minimum atomic E-state index is -0.706. The van der Waals surface area contributed by atoms with Crippen LogP contribution in [0.5, 0.6) is 0 Å². The van der Waals surface area contributed by atoms with Gasteiger partial charge in [-0.15, -0.1) is 0 Å². The monoisotopic (exact) mass is 308 g/mol. The molecular formula is C15H20N2O5. The van der Waals surface area contributed by atoms with Gasteiger partial charge in [0.2, 0.25) is 5.91 Å². The maximum atomic E-state index is 12.0. The molecule has 0 fully saturated rings. The van der Waals surface area contributed by atoms with Gasteiger partial charge in [-0.1, -0.05) is 6.92 Å². The van der Waals surface area contributed by atoms with E-state index in [9.17, 15) is 19.7 Å². The zero-order valence-corrected chi connectivity index (χ0v) is 13.1. The number of methoxy groups -OCH3 is 1. The fourth-order valence-electron chi connectivity index (χ4n) is 2.03. The van der Waals surface area contributed by atoms with Crippen molar-refractivity contribution in [1.29, 1.82) is 0 Å². The summed E-state index contributed by atoms with van der Waals surface area (Å²) in [7, 11) is 1.28. The van der Waals surface area contributed by atoms with E-state index >= 15 is 0 Å². The van der Waals surface area contributed by atoms with Gasteiger partial charge in [0.1, 0.15) is 0 Å². The van der Waals surface area contributed by atoms with Crippen molar-refractivity contribution in [3.8, 4) is 0 Å². The Hall–Kier alpha value is -2.44. The normalized spacial score (nSPS) is 12.4. The minimum absolute atomic E-state index is 0.00908. The summed E-state index contributed by atoms with van der Waals surface area (Å²) in [5.74, 6) is -1.26. The molecule has 1 unspecified atom stereocenters. The van der Waals surface area contributed by atoms with Crippen LogP contribution < -0.4 is 5.32 Å². The molecule has 0 aliphatic rings. The molecule has 0 heterocycles. The fourth-order valence-corrected chi connectivity index (χ4v) is 2.03. The molecule has 0 saturated carbocycles. The van der Waals surface area contributed by atoms with E-state index in [2.05, 4.69) is 10.1 Å². The van der Waals surface area contributed by atoms with Crippen molar-refractivity contribution in [2.75, 3.05) is 7.11 Å². The molecule has 0 aliphatic carbocycles. The second-order valence-corrected chi connectivity index (χ2v) is 5.61. The number of nitro groups is 1. The third kappa shape index (κ3) is 4.54. The zero-order valence-electron chi connectivity index (χ0n) is 13.1. The van der Waals surface area contributed by atoms with E-state index in [0.29, 0.717) is 0 Å². The number of carbonyl (C=O) groups excluding carboxylic acids is 2. The molecule has 0 bridgehead atoms. The van der Waals surface area contributed by atoms with Gasteiger partial charge in [-0.25, -0.2) is 0 Å². The van der Waals surface area contributed by atoms with Gasteiger partial charge in [0.15, 0.2) is 0 Å². The first kappa shape index (κ1) is 17.6. The van der Waals surface area contributed by atoms with Crippen molar-refractivity contribution in [1.82, 2.24) is 5.32 Å². The Kier molecular flexibility index (Phi) is 5.62. The van der Waals surface area contributed by atoms with E-state index in [1.807, 2.05) is 0 Å². The minimum Gasteiger partial charge on any atom is -0.469 e. The van der Waals surface area contributed by atoms with Crippen molar-refractivity contribution >= 4 is 17.6 Å². The standard InChI is InChI=1S/C15H20N2O5/c1-10(14(19)22-4)9-13(18)16-15(2,3)11-5-7-12(8-6-11)17(20)21/h5-8,10H,9H2,1-4H3,(H,16,18). The topological polar surface area (TPSA) is 98.5 Å². The van der Waals surface area contributed by atoms with Gasteiger partial charge in [-0.05, 0) is 31.5 Å². The number of ether oxygens (including phenoxy) is 1. The third-order valence-corrected chi connectivity index (χ3v) is 3.35. The molecule has 1 N–H and O–H groups in total. The number of esters is 1. The molecule has 1 aromatic carbocycles. The first-order valence-electron chi connectivity index (χ1n) is 6.81. The lowest BCUT2D eigenvalue weighted by molar-refractivity contribution is -0.384. The molecule has 7 nitrogen and oxygen atoms in total. The van der Waals surface area contributed by atoms with Gasteiger partial charge in [0, 0.05) is 18.6 Å². The number of nitrogens with one attached hydrogen (secondary N) is 1. The largest absolute Gasteiger partial charge is 0.469 e. The molecule has 1 aromatic rings. The van der Waals surface area contributed by atoms with E-state index in [1.54, 1.807) is 32.9 Å². The predicted molar refractivity (Wildman–Crippen MR) is 80.1 cm³/mol. The Morgan fingerprint density at radius 1 is 1.32 bits per heavy atom. The maximum Gasteiger partial charge on any atom is 0.308 e. The molecule has 1 atom stereocenters. The first-order chi connectivity index (χ1) is 10.2. The van der Waals surface area contributed by atoms with Crippen LogP contribution in [0.1, 0.15) is 32.8 Å². The van der Waals surface area contributed by atoms with Gasteiger partial charge in [-0.2, -0.15) is 0 Å². The third-order valence-electron chi connectivity index (χ3n) is 3.35. The van der Waals surface area contributed by atoms with Crippen LogP contribution in [-0.2, 0) is 19.9 Å². The lowest BCUT2D eigenvalue weighted by atomic mass is 9.93. The molecule has 7 heteroatoms. The van der Waals surface area contributed by atoms with Crippen molar-refractivity contribution in [2.45, 2.75) is 32.7 Å². The predicted octanol–water partition coefficient (Wildman–Crippen LogP) is 2.15. The Bertz CT molecular complexity index is 566. The molecule has 0 spiro atoms. The Labute approximate surface area is 128 Å². The number of rotatable bonds is 6. The SMILES string of the molecule is COC(=O)C(C)CC(=O)NC(C)(C)c1ccc([N+](=O)[O-])cc1. The van der Waals surface area contributed by atoms with Crippen LogP contribution in [0.3, 0.4) is 0 Å². The van der Waals surface area contributed by atoms with Crippen LogP contribution in [0.4, 0.5) is 5.69 Å². The summed E-state index contributed by atoms with van der Waals surface area (Å²) in [5, 5.41) is 13.5. The van der Waals surface area contributed by atoms with Crippen LogP contribution in [0.2, 0.25) is 0 Å². The summed E-state index contributed by atoms with van der Waals surface area (Å²) >= 11 is 0. The van der Waals surface area contributed by atoms with Crippen molar-refractivity contribution < 1.29 is 19.2 Å². The molecule has 1 rings (SSSR count). The van der Waals surface area contributed by atoms with Gasteiger partial charge < -0.3 is 10.1 Å². The quantitative estimate of drug-likeness (QED) is 0.493. The molecule has 0 saturated heterocycles. The van der Waals surface area contributed by atoms with Crippen LogP contribution in [0.15, 0.2) is 24.3 Å². The number of nitro benzene ring substituents is 1. The lowest BCUT2D eigenvalue weighted by Gasteiger charge is -2.27. The summed E-state index contributed by atoms with van der Waals surface area (Å²) < 4.78 is 4.58. The molecule has 0 aliphatic heterocycles. The molecular weight excluding hydrogens is 288 g/mol. The van der Waals surface area contributed by atoms with Gasteiger partial charge >= 0.3 is 5.97 Å². The van der Waals surface area contributed by atoms with E-state index in [0.717, 1.165) is 5.56 Å². The van der Waals surface area contributed by atoms with Crippen LogP contribution in [-0.4, -0.2) is 23.9 Å². The average molecular weight is 308 g/mol. The number of benzene rings is 1. The van der Waals surface area contributed by atoms with Crippen LogP contribution in [0, 0.1) is 16.0 Å². The highest BCUT2D eigenvalue weighted by Crippen LogP contribution is 2.23. The van der Waals surface area contributed by atoms with Gasteiger partial charge in [-0.3, -0.25) is 19.7 Å². The van der Waals surface area contributed by atoms with E-state index in [-0.39, 0.29) is 18.0 Å². The van der Waals surface area contributed by atoms with Gasteiger partial charge in [0.05, 0.1) is 23.5 Å². The summed E-state index contributed by atoms with van der Waals surface area (Å²) in [6, 6.07) is 5.98. The van der Waals surface area contributed by atoms with E-state index in [1.165, 1.54) is 19.2 Å². The van der Waals surface area contributed by atoms with Crippen LogP contribution >= 0.6 is 0 Å². The molecule has 1 amide bonds. The van der Waals surface area contributed by atoms with Crippen molar-refractivity contribution in [3.63, 3.8) is 0 Å². The molecule has 0 aromatic heterocycles. The fraction of sp³-hybridized carbons (Fsp3) is 0.467. The average Bonchev–Trinajstić information content (AvgIpc) is 2.45. The molecule has 120 valence electrons. The number of hydrogen-bond donors (Lipinski definition) is 1. The molecule has 0 radical (unpaired) electrons. The smallest absolute Gasteiger partial charge is 0.308 e. The second-order valence-electron chi connectivity index (χ2n) is 5.61. The Morgan fingerprint density at radius 2 is 1.86 bits per heavy atom. The number of nitrogens with zero attached hydrogens (tertiary/aromatic N) is 1. The van der Waals surface area contributed by atoms with E-state index < -0.39 is 22.3 Å². The Morgan fingerprint density at radius 3 is 2.32 bits per heavy atom. The number of amides is 1. The highest BCUT2D eigenvalue weighted by Gasteiger charge is 2.25. The van der Waals surface area contributed by atoms with Gasteiger partial charge in [0.25, 0.3) is 5.69 Å². The van der Waals surface area contributed by atoms with Crippen LogP contribution in [0.25, 0.3) is 0 Å². The lowest BCUT2D eigenvalue weighted by Crippen LogP contribution is -2.42. The Balaban J connectivity index is 2.75. The van der Waals surface area contributed by atoms with E-state index in [4.69, 9.17) is 0 Å². The summed E-state index contributed by atoms with van der Waals surface area (Å²) in [6.07, 6.45) is 0.0169. The summed E-state index contributed by atoms with van der Waals surface area (Å²) in [5.41, 5.74) is 0.0181. The second kappa shape index (κ2) is 7.02. The maximum absolute atomic E-state index is 12.0. The number of hydrogen-bond acceptors (Lipinski definition) is 5. The highest BCUT2D eigenvalue weighted by atomic mass is 16.6.